The van der Waals surface area contributed by atoms with Gasteiger partial charge in [0.15, 0.2) is 0 Å². The minimum absolute atomic E-state index is 0.221. The summed E-state index contributed by atoms with van der Waals surface area (Å²) in [6.45, 7) is 5.43. The molecule has 0 aliphatic heterocycles. The zero-order chi connectivity index (χ0) is 21.0. The molecule has 1 heterocycles. The topological polar surface area (TPSA) is 79.7 Å². The maximum absolute atomic E-state index is 12.8. The van der Waals surface area contributed by atoms with Crippen LogP contribution in [-0.2, 0) is 4.74 Å². The van der Waals surface area contributed by atoms with Crippen molar-refractivity contribution in [1.29, 1.82) is 0 Å². The Morgan fingerprint density at radius 1 is 0.897 bits per heavy atom. The lowest BCUT2D eigenvalue weighted by Gasteiger charge is -2.27. The number of benzene rings is 2. The lowest BCUT2D eigenvalue weighted by Crippen LogP contribution is -2.34. The highest BCUT2D eigenvalue weighted by Gasteiger charge is 2.25. The first-order valence-electron chi connectivity index (χ1n) is 9.12. The van der Waals surface area contributed by atoms with Crippen LogP contribution < -0.4 is 4.90 Å². The molecule has 0 unspecified atom stereocenters. The smallest absolute Gasteiger partial charge is 0.420 e. The molecule has 0 spiro atoms. The third-order valence-corrected chi connectivity index (χ3v) is 4.03. The van der Waals surface area contributed by atoms with Crippen molar-refractivity contribution >= 4 is 23.6 Å². The predicted octanol–water partition coefficient (Wildman–Crippen LogP) is 5.52. The summed E-state index contributed by atoms with van der Waals surface area (Å²) in [5.74, 6) is -0.544. The van der Waals surface area contributed by atoms with Crippen LogP contribution in [0.2, 0.25) is 0 Å². The van der Waals surface area contributed by atoms with Crippen molar-refractivity contribution < 1.29 is 19.4 Å². The van der Waals surface area contributed by atoms with E-state index < -0.39 is 17.7 Å². The van der Waals surface area contributed by atoms with Crippen molar-refractivity contribution in [3.8, 4) is 11.1 Å². The Balaban J connectivity index is 1.92. The molecule has 0 atom stereocenters. The summed E-state index contributed by atoms with van der Waals surface area (Å²) in [4.78, 5) is 29.7. The second kappa shape index (κ2) is 8.14. The monoisotopic (exact) mass is 390 g/mol. The number of carboxylic acid groups (broad SMARTS) is 1. The van der Waals surface area contributed by atoms with E-state index >= 15 is 0 Å². The molecule has 3 rings (SSSR count). The first-order chi connectivity index (χ1) is 13.7. The van der Waals surface area contributed by atoms with E-state index in [9.17, 15) is 9.59 Å². The SMILES string of the molecule is CC(C)(C)OC(=O)N(c1ccccc1)c1ccc(-c2ccc(C(=O)O)cc2)cn1. The van der Waals surface area contributed by atoms with Crippen LogP contribution in [0.3, 0.4) is 0 Å². The Morgan fingerprint density at radius 2 is 1.52 bits per heavy atom. The number of nitrogens with zero attached hydrogens (tertiary/aromatic N) is 2. The average molecular weight is 390 g/mol. The molecule has 1 aromatic heterocycles. The summed E-state index contributed by atoms with van der Waals surface area (Å²) in [6.07, 6.45) is 1.13. The Bertz CT molecular complexity index is 992. The Hall–Kier alpha value is -3.67. The van der Waals surface area contributed by atoms with Gasteiger partial charge in [0, 0.05) is 11.8 Å². The molecule has 0 bridgehead atoms. The van der Waals surface area contributed by atoms with Gasteiger partial charge in [0.2, 0.25) is 0 Å². The highest BCUT2D eigenvalue weighted by Crippen LogP contribution is 2.28. The van der Waals surface area contributed by atoms with E-state index in [1.807, 2.05) is 57.2 Å². The second-order valence-electron chi connectivity index (χ2n) is 7.44. The highest BCUT2D eigenvalue weighted by molar-refractivity contribution is 5.95. The average Bonchev–Trinajstić information content (AvgIpc) is 2.68. The van der Waals surface area contributed by atoms with Crippen molar-refractivity contribution in [3.63, 3.8) is 0 Å². The molecular weight excluding hydrogens is 368 g/mol. The maximum Gasteiger partial charge on any atom is 0.420 e. The number of ether oxygens (including phenoxy) is 1. The van der Waals surface area contributed by atoms with Crippen LogP contribution in [0.4, 0.5) is 16.3 Å². The van der Waals surface area contributed by atoms with Crippen LogP contribution in [0.25, 0.3) is 11.1 Å². The lowest BCUT2D eigenvalue weighted by atomic mass is 10.1. The minimum atomic E-state index is -0.971. The number of amides is 1. The van der Waals surface area contributed by atoms with E-state index in [0.29, 0.717) is 11.5 Å². The summed E-state index contributed by atoms with van der Waals surface area (Å²) < 4.78 is 5.55. The number of carboxylic acids is 1. The summed E-state index contributed by atoms with van der Waals surface area (Å²) >= 11 is 0. The van der Waals surface area contributed by atoms with E-state index in [1.165, 1.54) is 4.90 Å². The van der Waals surface area contributed by atoms with Crippen LogP contribution in [0, 0.1) is 0 Å². The zero-order valence-electron chi connectivity index (χ0n) is 16.5. The molecule has 6 heteroatoms. The number of carbonyl (C=O) groups is 2. The van der Waals surface area contributed by atoms with Crippen LogP contribution in [0.15, 0.2) is 72.9 Å². The largest absolute Gasteiger partial charge is 0.478 e. The fraction of sp³-hybridized carbons (Fsp3) is 0.174. The van der Waals surface area contributed by atoms with Gasteiger partial charge >= 0.3 is 12.1 Å². The number of anilines is 2. The van der Waals surface area contributed by atoms with Gasteiger partial charge in [-0.15, -0.1) is 0 Å². The molecular formula is C23H22N2O4. The molecule has 1 N–H and O–H groups in total. The fourth-order valence-corrected chi connectivity index (χ4v) is 2.71. The molecule has 0 saturated carbocycles. The van der Waals surface area contributed by atoms with E-state index in [2.05, 4.69) is 4.98 Å². The number of pyridine rings is 1. The number of para-hydroxylation sites is 1. The van der Waals surface area contributed by atoms with Gasteiger partial charge in [-0.05, 0) is 62.7 Å². The molecule has 148 valence electrons. The number of rotatable bonds is 4. The molecule has 3 aromatic rings. The quantitative estimate of drug-likeness (QED) is 0.634. The summed E-state index contributed by atoms with van der Waals surface area (Å²) in [7, 11) is 0. The predicted molar refractivity (Wildman–Crippen MR) is 111 cm³/mol. The molecule has 29 heavy (non-hydrogen) atoms. The Morgan fingerprint density at radius 3 is 2.03 bits per heavy atom. The summed E-state index contributed by atoms with van der Waals surface area (Å²) in [5, 5.41) is 9.02. The van der Waals surface area contributed by atoms with Gasteiger partial charge in [0.05, 0.1) is 11.3 Å². The second-order valence-corrected chi connectivity index (χ2v) is 7.44. The van der Waals surface area contributed by atoms with Gasteiger partial charge in [-0.2, -0.15) is 0 Å². The molecule has 6 nitrogen and oxygen atoms in total. The third-order valence-electron chi connectivity index (χ3n) is 4.03. The summed E-state index contributed by atoms with van der Waals surface area (Å²) in [5.41, 5.74) is 1.86. The van der Waals surface area contributed by atoms with Gasteiger partial charge in [0.1, 0.15) is 11.4 Å². The van der Waals surface area contributed by atoms with E-state index in [-0.39, 0.29) is 5.56 Å². The number of aromatic carboxylic acids is 1. The first kappa shape index (κ1) is 20.1. The first-order valence-corrected chi connectivity index (χ1v) is 9.12. The van der Waals surface area contributed by atoms with Gasteiger partial charge in [0.25, 0.3) is 0 Å². The van der Waals surface area contributed by atoms with Crippen molar-refractivity contribution in [1.82, 2.24) is 4.98 Å². The lowest BCUT2D eigenvalue weighted by molar-refractivity contribution is 0.0597. The number of hydrogen-bond donors (Lipinski definition) is 1. The third kappa shape index (κ3) is 4.99. The van der Waals surface area contributed by atoms with E-state index in [1.54, 1.807) is 36.5 Å². The number of aromatic nitrogens is 1. The zero-order valence-corrected chi connectivity index (χ0v) is 16.5. The van der Waals surface area contributed by atoms with Crippen molar-refractivity contribution in [3.05, 3.63) is 78.5 Å². The molecule has 0 aliphatic carbocycles. The molecule has 0 aliphatic rings. The van der Waals surface area contributed by atoms with Crippen LogP contribution in [-0.4, -0.2) is 27.8 Å². The van der Waals surface area contributed by atoms with Crippen LogP contribution in [0.5, 0.6) is 0 Å². The van der Waals surface area contributed by atoms with Crippen molar-refractivity contribution in [2.24, 2.45) is 0 Å². The Kier molecular flexibility index (Phi) is 5.64. The van der Waals surface area contributed by atoms with Crippen LogP contribution in [0.1, 0.15) is 31.1 Å². The van der Waals surface area contributed by atoms with Gasteiger partial charge < -0.3 is 9.84 Å². The standard InChI is InChI=1S/C23H22N2O4/c1-23(2,3)29-22(28)25(19-7-5-4-6-8-19)20-14-13-18(15-24-20)16-9-11-17(12-10-16)21(26)27/h4-15H,1-3H3,(H,26,27). The molecule has 0 fully saturated rings. The fourth-order valence-electron chi connectivity index (χ4n) is 2.71. The van der Waals surface area contributed by atoms with Crippen molar-refractivity contribution in [2.75, 3.05) is 4.90 Å². The number of carbonyl (C=O) groups excluding carboxylic acids is 1. The minimum Gasteiger partial charge on any atom is -0.478 e. The summed E-state index contributed by atoms with van der Waals surface area (Å²) in [6, 6.07) is 19.3. The molecule has 2 aromatic carbocycles. The van der Waals surface area contributed by atoms with Crippen molar-refractivity contribution in [2.45, 2.75) is 26.4 Å². The molecule has 1 amide bonds. The maximum atomic E-state index is 12.8. The van der Waals surface area contributed by atoms with Gasteiger partial charge in [-0.3, -0.25) is 0 Å². The molecule has 0 saturated heterocycles. The Labute approximate surface area is 169 Å². The van der Waals surface area contributed by atoms with E-state index in [4.69, 9.17) is 9.84 Å². The van der Waals surface area contributed by atoms with E-state index in [0.717, 1.165) is 11.1 Å². The van der Waals surface area contributed by atoms with Gasteiger partial charge in [-0.25, -0.2) is 19.5 Å². The van der Waals surface area contributed by atoms with Crippen LogP contribution >= 0.6 is 0 Å². The normalized spacial score (nSPS) is 11.0. The van der Waals surface area contributed by atoms with Gasteiger partial charge in [-0.1, -0.05) is 30.3 Å². The highest BCUT2D eigenvalue weighted by atomic mass is 16.6. The number of hydrogen-bond acceptors (Lipinski definition) is 4. The molecule has 0 radical (unpaired) electrons.